The molecule has 282 valence electrons. The van der Waals surface area contributed by atoms with Crippen molar-refractivity contribution in [1.82, 2.24) is 24.3 Å². The van der Waals surface area contributed by atoms with Gasteiger partial charge in [0.15, 0.2) is 0 Å². The fraction of sp³-hybridized carbons (Fsp3) is 0.526. The van der Waals surface area contributed by atoms with Gasteiger partial charge < -0.3 is 33.8 Å². The van der Waals surface area contributed by atoms with Gasteiger partial charge >= 0.3 is 12.2 Å². The molecule has 1 aromatic heterocycles. The van der Waals surface area contributed by atoms with E-state index in [9.17, 15) is 23.9 Å². The zero-order chi connectivity index (χ0) is 37.7. The lowest BCUT2D eigenvalue weighted by molar-refractivity contribution is -0.145. The Labute approximate surface area is 302 Å². The van der Waals surface area contributed by atoms with Crippen molar-refractivity contribution in [2.24, 2.45) is 11.8 Å². The number of halogens is 3. The predicted molar refractivity (Wildman–Crippen MR) is 187 cm³/mol. The number of carbonyl (C=O) groups is 3. The molecule has 0 radical (unpaired) electrons. The summed E-state index contributed by atoms with van der Waals surface area (Å²) in [5, 5.41) is 10.8. The Morgan fingerprint density at radius 3 is 2.35 bits per heavy atom. The second-order valence-corrected chi connectivity index (χ2v) is 14.5. The second kappa shape index (κ2) is 16.4. The molecule has 2 aromatic carbocycles. The molecule has 0 bridgehead atoms. The number of piperidine rings is 1. The van der Waals surface area contributed by atoms with Gasteiger partial charge in [0.05, 0.1) is 24.9 Å². The molecule has 2 aliphatic rings. The number of carbonyl (C=O) groups excluding carboxylic acids is 3. The molecule has 0 saturated carbocycles. The molecular weight excluding hydrogens is 679 g/mol. The molecule has 2 aliphatic heterocycles. The molecule has 14 heteroatoms. The lowest BCUT2D eigenvalue weighted by Gasteiger charge is -2.42. The first-order valence-electron chi connectivity index (χ1n) is 17.7. The molecule has 2 saturated heterocycles. The van der Waals surface area contributed by atoms with E-state index in [1.807, 2.05) is 30.3 Å². The molecule has 52 heavy (non-hydrogen) atoms. The summed E-state index contributed by atoms with van der Waals surface area (Å²) >= 11 is 0. The Balaban J connectivity index is 1.60. The maximum atomic E-state index is 15.8. The van der Waals surface area contributed by atoms with Crippen LogP contribution in [0.3, 0.4) is 0 Å². The van der Waals surface area contributed by atoms with Gasteiger partial charge in [-0.3, -0.25) is 4.79 Å². The van der Waals surface area contributed by atoms with Gasteiger partial charge in [-0.05, 0) is 77.1 Å². The number of hydrogen-bond donors (Lipinski definition) is 1. The van der Waals surface area contributed by atoms with E-state index in [0.717, 1.165) is 23.8 Å². The van der Waals surface area contributed by atoms with E-state index in [1.54, 1.807) is 43.4 Å². The van der Waals surface area contributed by atoms with Gasteiger partial charge in [-0.1, -0.05) is 30.3 Å². The molecule has 3 aromatic rings. The van der Waals surface area contributed by atoms with Crippen LogP contribution >= 0.6 is 0 Å². The van der Waals surface area contributed by atoms with Gasteiger partial charge in [-0.25, -0.2) is 27.7 Å². The van der Waals surface area contributed by atoms with E-state index in [4.69, 9.17) is 14.5 Å². The molecule has 0 aliphatic carbocycles. The number of aliphatic hydroxyl groups excluding tert-OH is 1. The number of amides is 3. The first-order chi connectivity index (χ1) is 24.6. The molecule has 11 nitrogen and oxygen atoms in total. The highest BCUT2D eigenvalue weighted by Gasteiger charge is 2.44. The number of benzene rings is 2. The van der Waals surface area contributed by atoms with Crippen molar-refractivity contribution >= 4 is 18.1 Å². The largest absolute Gasteiger partial charge is 0.450 e. The maximum absolute atomic E-state index is 15.8. The molecule has 5 rings (SSSR count). The summed E-state index contributed by atoms with van der Waals surface area (Å²) < 4.78 is 58.0. The molecule has 1 N–H and O–H groups in total. The molecule has 3 amide bonds. The third kappa shape index (κ3) is 9.25. The number of ether oxygens (including phenoxy) is 2. The number of alkyl halides is 1. The first-order valence-corrected chi connectivity index (χ1v) is 17.7. The monoisotopic (exact) mass is 727 g/mol. The SMILES string of the molecule is CCOC(=O)N1CCC(C(c2nc(-c3cc(F)ccc3F)cn2Cc2ccccc2)N(CC2CN(C(=O)OC(C)(C)C)CC2F)C(=O)C(C)O)CC1. The zero-order valence-electron chi connectivity index (χ0n) is 30.3. The Morgan fingerprint density at radius 1 is 1.02 bits per heavy atom. The van der Waals surface area contributed by atoms with E-state index < -0.39 is 59.6 Å². The van der Waals surface area contributed by atoms with Crippen molar-refractivity contribution in [3.63, 3.8) is 0 Å². The van der Waals surface area contributed by atoms with Crippen molar-refractivity contribution in [3.8, 4) is 11.3 Å². The Hall–Kier alpha value is -4.59. The molecular formula is C38H48F3N5O6. The highest BCUT2D eigenvalue weighted by Crippen LogP contribution is 2.39. The highest BCUT2D eigenvalue weighted by molar-refractivity contribution is 5.81. The molecule has 4 atom stereocenters. The standard InChI is InChI=1S/C38H48F3N5O6/c1-6-51-36(49)43-16-14-26(15-17-43)33(46(35(48)24(2)47)21-27-20-45(22-31(27)41)37(50)52-38(3,4)5)34-42-32(29-18-28(39)12-13-30(29)40)23-44(34)19-25-10-8-7-9-11-25/h7-13,18,23-24,26-27,31,33,47H,6,14-17,19-22H2,1-5H3. The fourth-order valence-electron chi connectivity index (χ4n) is 6.93. The smallest absolute Gasteiger partial charge is 0.410 e. The van der Waals surface area contributed by atoms with Crippen molar-refractivity contribution in [3.05, 3.63) is 77.8 Å². The van der Waals surface area contributed by atoms with E-state index in [2.05, 4.69) is 0 Å². The van der Waals surface area contributed by atoms with Crippen molar-refractivity contribution < 1.29 is 42.1 Å². The Morgan fingerprint density at radius 2 is 1.71 bits per heavy atom. The van der Waals surface area contributed by atoms with Crippen LogP contribution in [0.15, 0.2) is 54.7 Å². The van der Waals surface area contributed by atoms with Crippen molar-refractivity contribution in [2.45, 2.75) is 77.9 Å². The quantitative estimate of drug-likeness (QED) is 0.264. The normalized spacial score (nSPS) is 19.3. The van der Waals surface area contributed by atoms with Gasteiger partial charge in [0.1, 0.15) is 35.3 Å². The van der Waals surface area contributed by atoms with Crippen LogP contribution in [0.2, 0.25) is 0 Å². The first kappa shape index (κ1) is 38.6. The van der Waals surface area contributed by atoms with Crippen LogP contribution < -0.4 is 0 Å². The number of nitrogens with zero attached hydrogens (tertiary/aromatic N) is 5. The second-order valence-electron chi connectivity index (χ2n) is 14.5. The summed E-state index contributed by atoms with van der Waals surface area (Å²) in [6.07, 6.45) is -1.74. The molecule has 4 unspecified atom stereocenters. The molecule has 2 fully saturated rings. The summed E-state index contributed by atoms with van der Waals surface area (Å²) in [5.74, 6) is -2.92. The van der Waals surface area contributed by atoms with Crippen LogP contribution in [0.1, 0.15) is 64.9 Å². The average Bonchev–Trinajstić information content (AvgIpc) is 3.68. The van der Waals surface area contributed by atoms with Crippen LogP contribution in [0, 0.1) is 23.5 Å². The van der Waals surface area contributed by atoms with Gasteiger partial charge in [-0.2, -0.15) is 0 Å². The minimum Gasteiger partial charge on any atom is -0.450 e. The number of aliphatic hydroxyl groups is 1. The minimum atomic E-state index is -1.51. The van der Waals surface area contributed by atoms with Gasteiger partial charge in [-0.15, -0.1) is 0 Å². The zero-order valence-corrected chi connectivity index (χ0v) is 30.3. The van der Waals surface area contributed by atoms with E-state index in [0.29, 0.717) is 31.8 Å². The van der Waals surface area contributed by atoms with Crippen LogP contribution in [0.5, 0.6) is 0 Å². The predicted octanol–water partition coefficient (Wildman–Crippen LogP) is 6.20. The topological polar surface area (TPSA) is 117 Å². The van der Waals surface area contributed by atoms with Crippen molar-refractivity contribution in [1.29, 1.82) is 0 Å². The fourth-order valence-corrected chi connectivity index (χ4v) is 6.93. The number of rotatable bonds is 10. The number of aromatic nitrogens is 2. The average molecular weight is 728 g/mol. The van der Waals surface area contributed by atoms with Crippen molar-refractivity contribution in [2.75, 3.05) is 39.3 Å². The third-order valence-electron chi connectivity index (χ3n) is 9.40. The molecule has 0 spiro atoms. The van der Waals surface area contributed by atoms with Gasteiger partial charge in [0, 0.05) is 50.4 Å². The summed E-state index contributed by atoms with van der Waals surface area (Å²) in [6, 6.07) is 11.6. The third-order valence-corrected chi connectivity index (χ3v) is 9.40. The number of imidazole rings is 1. The van der Waals surface area contributed by atoms with E-state index in [1.165, 1.54) is 16.7 Å². The number of likely N-dealkylation sites (tertiary alicyclic amines) is 2. The highest BCUT2D eigenvalue weighted by atomic mass is 19.1. The van der Waals surface area contributed by atoms with Crippen LogP contribution in [0.4, 0.5) is 22.8 Å². The molecule has 3 heterocycles. The lowest BCUT2D eigenvalue weighted by Crippen LogP contribution is -2.50. The van der Waals surface area contributed by atoms with E-state index >= 15 is 8.78 Å². The maximum Gasteiger partial charge on any atom is 0.410 e. The summed E-state index contributed by atoms with van der Waals surface area (Å²) in [5.41, 5.74) is 0.115. The summed E-state index contributed by atoms with van der Waals surface area (Å²) in [6.45, 7) is 8.79. The summed E-state index contributed by atoms with van der Waals surface area (Å²) in [4.78, 5) is 48.8. The van der Waals surface area contributed by atoms with Crippen LogP contribution in [0.25, 0.3) is 11.3 Å². The Kier molecular flexibility index (Phi) is 12.2. The van der Waals surface area contributed by atoms with Gasteiger partial charge in [0.25, 0.3) is 5.91 Å². The van der Waals surface area contributed by atoms with Crippen LogP contribution in [-0.4, -0.2) is 105 Å². The Bertz CT molecular complexity index is 1710. The lowest BCUT2D eigenvalue weighted by atomic mass is 9.86. The number of hydrogen-bond acceptors (Lipinski definition) is 7. The minimum absolute atomic E-state index is 0.0358. The van der Waals surface area contributed by atoms with Crippen LogP contribution in [-0.2, 0) is 20.8 Å². The summed E-state index contributed by atoms with van der Waals surface area (Å²) in [7, 11) is 0. The van der Waals surface area contributed by atoms with Gasteiger partial charge in [0.2, 0.25) is 0 Å². The van der Waals surface area contributed by atoms with E-state index in [-0.39, 0.29) is 50.0 Å².